The monoisotopic (exact) mass is 336 g/mol. The Labute approximate surface area is 102 Å². The molecule has 1 rings (SSSR count). The van der Waals surface area contributed by atoms with Crippen LogP contribution in [0.4, 0.5) is 0 Å². The predicted molar refractivity (Wildman–Crippen MR) is 67.3 cm³/mol. The number of carbonyl (C=O) groups excluding carboxylic acids is 2. The summed E-state index contributed by atoms with van der Waals surface area (Å²) in [6.07, 6.45) is 0.280. The molecule has 16 heavy (non-hydrogen) atoms. The fourth-order valence-electron chi connectivity index (χ4n) is 0.854. The Morgan fingerprint density at radius 3 is 2.31 bits per heavy atom. The van der Waals surface area contributed by atoms with Gasteiger partial charge < -0.3 is 0 Å². The van der Waals surface area contributed by atoms with Gasteiger partial charge in [-0.25, -0.2) is 0 Å². The standard InChI is InChI=1S/C11H13IO4/c1-3-11(14)16-12(15-9(2)13)10-7-5-4-6-8-10/h4-8H,3H2,1-2H3. The van der Waals surface area contributed by atoms with E-state index in [9.17, 15) is 9.59 Å². The fraction of sp³-hybridized carbons (Fsp3) is 0.273. The van der Waals surface area contributed by atoms with Gasteiger partial charge in [0.05, 0.1) is 0 Å². The van der Waals surface area contributed by atoms with E-state index in [-0.39, 0.29) is 12.4 Å². The fourth-order valence-corrected chi connectivity index (χ4v) is 3.78. The molecule has 4 nitrogen and oxygen atoms in total. The van der Waals surface area contributed by atoms with Crippen LogP contribution in [0.5, 0.6) is 0 Å². The average Bonchev–Trinajstić information content (AvgIpc) is 2.28. The molecule has 0 aliphatic heterocycles. The molecule has 0 saturated carbocycles. The molecule has 0 aliphatic carbocycles. The summed E-state index contributed by atoms with van der Waals surface area (Å²) in [4.78, 5) is 22.1. The van der Waals surface area contributed by atoms with E-state index in [0.717, 1.165) is 3.57 Å². The van der Waals surface area contributed by atoms with E-state index in [0.29, 0.717) is 0 Å². The van der Waals surface area contributed by atoms with Crippen molar-refractivity contribution in [1.29, 1.82) is 0 Å². The molecule has 0 atom stereocenters. The second-order valence-corrected chi connectivity index (χ2v) is 6.25. The van der Waals surface area contributed by atoms with Gasteiger partial charge in [0.1, 0.15) is 0 Å². The summed E-state index contributed by atoms with van der Waals surface area (Å²) < 4.78 is 11.0. The van der Waals surface area contributed by atoms with Gasteiger partial charge in [-0.1, -0.05) is 0 Å². The molecule has 0 aliphatic rings. The van der Waals surface area contributed by atoms with Crippen molar-refractivity contribution >= 4 is 32.6 Å². The van der Waals surface area contributed by atoms with Crippen molar-refractivity contribution in [3.63, 3.8) is 0 Å². The van der Waals surface area contributed by atoms with Gasteiger partial charge in [0.2, 0.25) is 0 Å². The van der Waals surface area contributed by atoms with Gasteiger partial charge >= 0.3 is 102 Å². The van der Waals surface area contributed by atoms with Crippen molar-refractivity contribution in [3.8, 4) is 0 Å². The zero-order valence-corrected chi connectivity index (χ0v) is 11.3. The van der Waals surface area contributed by atoms with Crippen LogP contribution in [-0.4, -0.2) is 11.9 Å². The third-order valence-electron chi connectivity index (χ3n) is 1.53. The summed E-state index contributed by atoms with van der Waals surface area (Å²) in [5.41, 5.74) is 0. The summed E-state index contributed by atoms with van der Waals surface area (Å²) >= 11 is -2.61. The number of hydrogen-bond acceptors (Lipinski definition) is 4. The first-order valence-electron chi connectivity index (χ1n) is 4.79. The van der Waals surface area contributed by atoms with Crippen LogP contribution in [0.3, 0.4) is 0 Å². The summed E-state index contributed by atoms with van der Waals surface area (Å²) in [6, 6.07) is 9.10. The predicted octanol–water partition coefficient (Wildman–Crippen LogP) is 2.71. The zero-order chi connectivity index (χ0) is 12.0. The van der Waals surface area contributed by atoms with Gasteiger partial charge in [-0.05, 0) is 0 Å². The first kappa shape index (κ1) is 13.0. The molecular formula is C11H13IO4. The van der Waals surface area contributed by atoms with Crippen LogP contribution < -0.4 is 0 Å². The molecule has 1 aromatic carbocycles. The molecule has 0 amide bonds. The number of benzene rings is 1. The van der Waals surface area contributed by atoms with Crippen LogP contribution in [0.2, 0.25) is 0 Å². The van der Waals surface area contributed by atoms with Crippen LogP contribution in [0, 0.1) is 3.57 Å². The number of rotatable bonds is 4. The molecule has 0 N–H and O–H groups in total. The molecule has 1 aromatic rings. The quantitative estimate of drug-likeness (QED) is 0.794. The summed E-state index contributed by atoms with van der Waals surface area (Å²) in [5, 5.41) is 0. The Morgan fingerprint density at radius 1 is 1.19 bits per heavy atom. The van der Waals surface area contributed by atoms with Crippen molar-refractivity contribution in [2.24, 2.45) is 0 Å². The van der Waals surface area contributed by atoms with Crippen molar-refractivity contribution in [2.75, 3.05) is 0 Å². The Balaban J connectivity index is 2.79. The SMILES string of the molecule is CCC(=O)OI(OC(C)=O)c1ccccc1. The minimum absolute atomic E-state index is 0.280. The summed E-state index contributed by atoms with van der Waals surface area (Å²) in [6.45, 7) is 3.02. The third-order valence-corrected chi connectivity index (χ3v) is 5.18. The molecular weight excluding hydrogens is 323 g/mol. The van der Waals surface area contributed by atoms with Gasteiger partial charge in [-0.3, -0.25) is 0 Å². The molecule has 88 valence electrons. The first-order valence-corrected chi connectivity index (χ1v) is 7.63. The Kier molecular flexibility index (Phi) is 5.24. The Morgan fingerprint density at radius 2 is 1.81 bits per heavy atom. The molecule has 0 spiro atoms. The normalized spacial score (nSPS) is 10.5. The summed E-state index contributed by atoms with van der Waals surface area (Å²) in [7, 11) is 0. The van der Waals surface area contributed by atoms with Crippen molar-refractivity contribution < 1.29 is 15.7 Å². The van der Waals surface area contributed by atoms with E-state index >= 15 is 0 Å². The van der Waals surface area contributed by atoms with Crippen molar-refractivity contribution in [3.05, 3.63) is 33.9 Å². The van der Waals surface area contributed by atoms with Gasteiger partial charge in [-0.15, -0.1) is 0 Å². The molecule has 0 fully saturated rings. The number of hydrogen-bond donors (Lipinski definition) is 0. The third kappa shape index (κ3) is 4.18. The molecule has 0 unspecified atom stereocenters. The zero-order valence-electron chi connectivity index (χ0n) is 9.10. The summed E-state index contributed by atoms with van der Waals surface area (Å²) in [5.74, 6) is -0.756. The second kappa shape index (κ2) is 6.47. The molecule has 0 saturated heterocycles. The van der Waals surface area contributed by atoms with Crippen LogP contribution in [-0.2, 0) is 15.7 Å². The van der Waals surface area contributed by atoms with Crippen molar-refractivity contribution in [1.82, 2.24) is 0 Å². The Hall–Kier alpha value is -1.11. The van der Waals surface area contributed by atoms with E-state index in [2.05, 4.69) is 0 Å². The molecule has 5 heteroatoms. The van der Waals surface area contributed by atoms with Crippen LogP contribution in [0.25, 0.3) is 0 Å². The number of halogens is 1. The van der Waals surface area contributed by atoms with E-state index in [1.165, 1.54) is 6.92 Å². The van der Waals surface area contributed by atoms with Gasteiger partial charge in [0.25, 0.3) is 0 Å². The Bertz CT molecular complexity index is 364. The van der Waals surface area contributed by atoms with Gasteiger partial charge in [-0.2, -0.15) is 0 Å². The first-order chi connectivity index (χ1) is 7.63. The minimum atomic E-state index is -2.61. The molecule has 0 radical (unpaired) electrons. The molecule has 0 heterocycles. The molecule has 0 bridgehead atoms. The topological polar surface area (TPSA) is 52.6 Å². The van der Waals surface area contributed by atoms with Gasteiger partial charge in [0, 0.05) is 0 Å². The van der Waals surface area contributed by atoms with E-state index in [1.54, 1.807) is 19.1 Å². The maximum atomic E-state index is 11.2. The van der Waals surface area contributed by atoms with Crippen LogP contribution in [0.1, 0.15) is 20.3 Å². The van der Waals surface area contributed by atoms with E-state index in [1.807, 2.05) is 18.2 Å². The maximum absolute atomic E-state index is 11.2. The van der Waals surface area contributed by atoms with Gasteiger partial charge in [0.15, 0.2) is 0 Å². The van der Waals surface area contributed by atoms with Crippen LogP contribution in [0.15, 0.2) is 30.3 Å². The van der Waals surface area contributed by atoms with E-state index < -0.39 is 26.6 Å². The average molecular weight is 336 g/mol. The second-order valence-electron chi connectivity index (χ2n) is 2.88. The van der Waals surface area contributed by atoms with Crippen LogP contribution >= 0.6 is 20.6 Å². The van der Waals surface area contributed by atoms with E-state index in [4.69, 9.17) is 6.13 Å². The van der Waals surface area contributed by atoms with Crippen molar-refractivity contribution in [2.45, 2.75) is 20.3 Å². The molecule has 0 aromatic heterocycles. The number of carbonyl (C=O) groups is 2.